The first kappa shape index (κ1) is 27.7. The number of aryl methyl sites for hydroxylation is 1. The molecule has 0 N–H and O–H groups in total. The number of likely N-dealkylation sites (N-methyl/N-ethyl adjacent to an activating group) is 1. The summed E-state index contributed by atoms with van der Waals surface area (Å²) in [6.45, 7) is 11.2. The molecule has 10 heteroatoms. The Morgan fingerprint density at radius 2 is 1.49 bits per heavy atom. The molecule has 0 bridgehead atoms. The Kier molecular flexibility index (Phi) is 7.50. The van der Waals surface area contributed by atoms with Crippen molar-refractivity contribution < 1.29 is 22.7 Å². The third kappa shape index (κ3) is 4.99. The highest BCUT2D eigenvalue weighted by atomic mass is 32.2. The van der Waals surface area contributed by atoms with Gasteiger partial charge in [0, 0.05) is 66.6 Å². The van der Waals surface area contributed by atoms with E-state index >= 15 is 0 Å². The van der Waals surface area contributed by atoms with E-state index in [1.807, 2.05) is 19.9 Å². The zero-order valence-electron chi connectivity index (χ0n) is 23.8. The zero-order valence-corrected chi connectivity index (χ0v) is 24.6. The lowest BCUT2D eigenvalue weighted by atomic mass is 10.0. The molecule has 3 aromatic rings. The van der Waals surface area contributed by atoms with Crippen LogP contribution in [0.2, 0.25) is 0 Å². The van der Waals surface area contributed by atoms with Gasteiger partial charge in [0.15, 0.2) is 0 Å². The minimum Gasteiger partial charge on any atom is -0.379 e. The number of benzene rings is 2. The van der Waals surface area contributed by atoms with Crippen LogP contribution in [0.1, 0.15) is 29.4 Å². The number of fused-ring (bicyclic) bond motifs is 1. The molecule has 41 heavy (non-hydrogen) atoms. The second kappa shape index (κ2) is 11.1. The van der Waals surface area contributed by atoms with Crippen molar-refractivity contribution in [2.75, 3.05) is 69.0 Å². The smallest absolute Gasteiger partial charge is 0.258 e. The second-order valence-corrected chi connectivity index (χ2v) is 12.5. The van der Waals surface area contributed by atoms with Crippen LogP contribution in [0.25, 0.3) is 17.3 Å². The molecule has 1 aromatic heterocycles. The molecule has 2 saturated heterocycles. The zero-order chi connectivity index (χ0) is 28.7. The number of carbonyl (C=O) groups is 1. The van der Waals surface area contributed by atoms with E-state index < -0.39 is 10.0 Å². The van der Waals surface area contributed by atoms with Crippen LogP contribution < -0.4 is 9.80 Å². The maximum Gasteiger partial charge on any atom is 0.258 e. The van der Waals surface area contributed by atoms with E-state index in [-0.39, 0.29) is 10.8 Å². The van der Waals surface area contributed by atoms with Crippen molar-refractivity contribution in [2.24, 2.45) is 0 Å². The molecule has 3 aliphatic rings. The lowest BCUT2D eigenvalue weighted by Gasteiger charge is -2.29. The fraction of sp³-hybridized carbons (Fsp3) is 0.387. The fourth-order valence-electron chi connectivity index (χ4n) is 6.01. The van der Waals surface area contributed by atoms with Crippen molar-refractivity contribution in [1.29, 1.82) is 0 Å². The monoisotopic (exact) mass is 576 g/mol. The first-order valence-electron chi connectivity index (χ1n) is 14.2. The van der Waals surface area contributed by atoms with Crippen LogP contribution in [-0.4, -0.2) is 82.3 Å². The summed E-state index contributed by atoms with van der Waals surface area (Å²) in [5, 5.41) is 0. The van der Waals surface area contributed by atoms with Crippen LogP contribution >= 0.6 is 0 Å². The summed E-state index contributed by atoms with van der Waals surface area (Å²) >= 11 is 0. The van der Waals surface area contributed by atoms with Gasteiger partial charge in [0.2, 0.25) is 10.0 Å². The van der Waals surface area contributed by atoms with E-state index in [9.17, 15) is 13.2 Å². The highest BCUT2D eigenvalue weighted by molar-refractivity contribution is 7.89. The Bertz CT molecular complexity index is 1600. The number of anilines is 2. The molecule has 9 nitrogen and oxygen atoms in total. The number of sulfonamides is 1. The number of ether oxygens (including phenoxy) is 2. The largest absolute Gasteiger partial charge is 0.379 e. The van der Waals surface area contributed by atoms with Gasteiger partial charge in [-0.25, -0.2) is 8.42 Å². The van der Waals surface area contributed by atoms with Gasteiger partial charge in [0.05, 0.1) is 37.0 Å². The van der Waals surface area contributed by atoms with Crippen LogP contribution in [0.4, 0.5) is 11.4 Å². The third-order valence-electron chi connectivity index (χ3n) is 8.20. The van der Waals surface area contributed by atoms with Gasteiger partial charge in [-0.3, -0.25) is 4.79 Å². The SMILES string of the molecule is CCN1C(=O)C(=Cc2cc(C)n(-c3ccc(N4CCOCC4)cc3)c2C)c2cc(S(=O)(=O)N3CCOCC3)ccc21. The number of morpholine rings is 2. The molecular weight excluding hydrogens is 540 g/mol. The van der Waals surface area contributed by atoms with Gasteiger partial charge in [-0.05, 0) is 80.9 Å². The summed E-state index contributed by atoms with van der Waals surface area (Å²) in [6, 6.07) is 15.6. The van der Waals surface area contributed by atoms with Gasteiger partial charge in [-0.15, -0.1) is 0 Å². The summed E-state index contributed by atoms with van der Waals surface area (Å²) in [5.41, 5.74) is 7.09. The lowest BCUT2D eigenvalue weighted by Crippen LogP contribution is -2.40. The van der Waals surface area contributed by atoms with Crippen molar-refractivity contribution in [1.82, 2.24) is 8.87 Å². The van der Waals surface area contributed by atoms with E-state index in [0.29, 0.717) is 44.0 Å². The van der Waals surface area contributed by atoms with Crippen LogP contribution in [-0.2, 0) is 24.3 Å². The van der Waals surface area contributed by atoms with Crippen molar-refractivity contribution in [3.63, 3.8) is 0 Å². The van der Waals surface area contributed by atoms with Crippen LogP contribution in [0, 0.1) is 13.8 Å². The molecule has 0 unspecified atom stereocenters. The van der Waals surface area contributed by atoms with Gasteiger partial charge >= 0.3 is 0 Å². The molecule has 0 atom stereocenters. The molecule has 4 heterocycles. The molecule has 6 rings (SSSR count). The molecule has 2 aromatic carbocycles. The second-order valence-electron chi connectivity index (χ2n) is 10.6. The van der Waals surface area contributed by atoms with Crippen LogP contribution in [0.5, 0.6) is 0 Å². The maximum absolute atomic E-state index is 13.6. The lowest BCUT2D eigenvalue weighted by molar-refractivity contribution is -0.112. The van der Waals surface area contributed by atoms with Crippen molar-refractivity contribution in [3.8, 4) is 5.69 Å². The number of nitrogens with zero attached hydrogens (tertiary/aromatic N) is 4. The molecule has 0 spiro atoms. The Balaban J connectivity index is 1.36. The highest BCUT2D eigenvalue weighted by Gasteiger charge is 2.34. The van der Waals surface area contributed by atoms with Gasteiger partial charge in [0.1, 0.15) is 0 Å². The number of aromatic nitrogens is 1. The predicted molar refractivity (Wildman–Crippen MR) is 160 cm³/mol. The highest BCUT2D eigenvalue weighted by Crippen LogP contribution is 2.40. The summed E-state index contributed by atoms with van der Waals surface area (Å²) in [4.78, 5) is 17.8. The maximum atomic E-state index is 13.6. The van der Waals surface area contributed by atoms with Gasteiger partial charge in [-0.1, -0.05) is 0 Å². The molecule has 216 valence electrons. The predicted octanol–water partition coefficient (Wildman–Crippen LogP) is 3.86. The number of hydrogen-bond donors (Lipinski definition) is 0. The van der Waals surface area contributed by atoms with Gasteiger partial charge in [0.25, 0.3) is 5.91 Å². The van der Waals surface area contributed by atoms with E-state index in [2.05, 4.69) is 46.7 Å². The molecule has 2 fully saturated rings. The standard InChI is InChI=1S/C31H36N4O5S/c1-4-34-30-10-9-27(41(37,38)33-13-17-40-18-14-33)21-28(30)29(31(34)36)20-24-19-22(2)35(23(24)3)26-7-5-25(6-8-26)32-11-15-39-16-12-32/h5-10,19-21H,4,11-18H2,1-3H3. The molecule has 3 aliphatic heterocycles. The van der Waals surface area contributed by atoms with E-state index in [4.69, 9.17) is 9.47 Å². The first-order valence-corrected chi connectivity index (χ1v) is 15.6. The number of hydrogen-bond acceptors (Lipinski definition) is 6. The molecule has 0 radical (unpaired) electrons. The van der Waals surface area contributed by atoms with E-state index in [1.54, 1.807) is 23.1 Å². The van der Waals surface area contributed by atoms with E-state index in [0.717, 1.165) is 54.6 Å². The van der Waals surface area contributed by atoms with Crippen LogP contribution in [0.15, 0.2) is 53.4 Å². The average molecular weight is 577 g/mol. The normalized spacial score (nSPS) is 19.3. The summed E-state index contributed by atoms with van der Waals surface area (Å²) in [7, 11) is -3.70. The Hall–Kier alpha value is -3.44. The number of carbonyl (C=O) groups excluding carboxylic acids is 1. The Morgan fingerprint density at radius 1 is 0.854 bits per heavy atom. The first-order chi connectivity index (χ1) is 19.8. The minimum absolute atomic E-state index is 0.122. The van der Waals surface area contributed by atoms with Gasteiger partial charge < -0.3 is 23.8 Å². The van der Waals surface area contributed by atoms with Crippen LogP contribution in [0.3, 0.4) is 0 Å². The molecule has 0 saturated carbocycles. The Labute approximate surface area is 241 Å². The average Bonchev–Trinajstić information content (AvgIpc) is 3.44. The molecule has 1 amide bonds. The summed E-state index contributed by atoms with van der Waals surface area (Å²) in [6.07, 6.45) is 1.91. The summed E-state index contributed by atoms with van der Waals surface area (Å²) in [5.74, 6) is -0.122. The number of rotatable bonds is 6. The molecule has 0 aliphatic carbocycles. The molecular formula is C31H36N4O5S. The number of amides is 1. The quantitative estimate of drug-likeness (QED) is 0.415. The van der Waals surface area contributed by atoms with Gasteiger partial charge in [-0.2, -0.15) is 4.31 Å². The summed E-state index contributed by atoms with van der Waals surface area (Å²) < 4.78 is 41.3. The Morgan fingerprint density at radius 3 is 2.15 bits per heavy atom. The van der Waals surface area contributed by atoms with E-state index in [1.165, 1.54) is 9.99 Å². The topological polar surface area (TPSA) is 84.3 Å². The third-order valence-corrected chi connectivity index (χ3v) is 10.1. The minimum atomic E-state index is -3.70. The fourth-order valence-corrected chi connectivity index (χ4v) is 7.44. The van der Waals surface area contributed by atoms with Crippen molar-refractivity contribution in [3.05, 3.63) is 71.0 Å². The van der Waals surface area contributed by atoms with Crippen molar-refractivity contribution in [2.45, 2.75) is 25.7 Å². The van der Waals surface area contributed by atoms with Crippen molar-refractivity contribution >= 4 is 39.0 Å².